The summed E-state index contributed by atoms with van der Waals surface area (Å²) in [5.74, 6) is -1.45. The van der Waals surface area contributed by atoms with Crippen molar-refractivity contribution in [3.63, 3.8) is 0 Å². The van der Waals surface area contributed by atoms with Gasteiger partial charge < -0.3 is 24.6 Å². The third-order valence-electron chi connectivity index (χ3n) is 6.95. The Bertz CT molecular complexity index is 1540. The largest absolute Gasteiger partial charge is 0.478 e. The van der Waals surface area contributed by atoms with Gasteiger partial charge in [-0.1, -0.05) is 38.1 Å². The summed E-state index contributed by atoms with van der Waals surface area (Å²) in [5, 5.41) is 12.8. The van der Waals surface area contributed by atoms with Crippen LogP contribution in [0.2, 0.25) is 0 Å². The van der Waals surface area contributed by atoms with Gasteiger partial charge in [-0.15, -0.1) is 0 Å². The van der Waals surface area contributed by atoms with Crippen LogP contribution in [0.5, 0.6) is 5.88 Å². The van der Waals surface area contributed by atoms with Gasteiger partial charge in [0.2, 0.25) is 11.8 Å². The van der Waals surface area contributed by atoms with Gasteiger partial charge in [-0.3, -0.25) is 0 Å². The summed E-state index contributed by atoms with van der Waals surface area (Å²) >= 11 is 0. The molecule has 0 unspecified atom stereocenters. The second-order valence-electron chi connectivity index (χ2n) is 11.6. The minimum absolute atomic E-state index is 0.0372. The second kappa shape index (κ2) is 13.4. The van der Waals surface area contributed by atoms with Gasteiger partial charge in [0.1, 0.15) is 6.61 Å². The van der Waals surface area contributed by atoms with Crippen LogP contribution in [0, 0.1) is 19.8 Å². The number of carboxylic acid groups (broad SMARTS) is 1. The number of aryl methyl sites for hydroxylation is 2. The number of anilines is 1. The van der Waals surface area contributed by atoms with E-state index in [4.69, 9.17) is 14.2 Å². The topological polar surface area (TPSA) is 149 Å². The molecule has 1 aromatic heterocycles. The molecule has 0 amide bonds. The summed E-state index contributed by atoms with van der Waals surface area (Å²) in [5.41, 5.74) is 3.08. The van der Waals surface area contributed by atoms with Gasteiger partial charge in [0.05, 0.1) is 28.9 Å². The van der Waals surface area contributed by atoms with Gasteiger partial charge >= 0.3 is 5.97 Å². The summed E-state index contributed by atoms with van der Waals surface area (Å²) in [6, 6.07) is 12.6. The molecular weight excluding hydrogens is 572 g/mol. The van der Waals surface area contributed by atoms with Crippen LogP contribution in [0.3, 0.4) is 0 Å². The molecular formula is C31H40N4O7S. The Morgan fingerprint density at radius 3 is 2.44 bits per heavy atom. The Kier molecular flexibility index (Phi) is 10.1. The molecule has 4 rings (SSSR count). The molecule has 0 spiro atoms. The fraction of sp³-hybridized carbons (Fsp3) is 0.452. The Hall–Kier alpha value is -3.58. The molecule has 11 nitrogen and oxygen atoms in total. The van der Waals surface area contributed by atoms with Crippen molar-refractivity contribution in [3.8, 4) is 17.1 Å². The van der Waals surface area contributed by atoms with Crippen LogP contribution in [-0.4, -0.2) is 67.2 Å². The lowest BCUT2D eigenvalue weighted by Crippen LogP contribution is -2.41. The molecule has 0 radical (unpaired) electrons. The smallest absolute Gasteiger partial charge is 0.335 e. The second-order valence-corrected chi connectivity index (χ2v) is 13.3. The molecule has 0 saturated carbocycles. The summed E-state index contributed by atoms with van der Waals surface area (Å²) < 4.78 is 46.7. The molecule has 1 saturated heterocycles. The van der Waals surface area contributed by atoms with Crippen LogP contribution in [0.1, 0.15) is 55.6 Å². The molecule has 1 aliphatic heterocycles. The number of aromatic nitrogens is 2. The molecule has 12 heteroatoms. The van der Waals surface area contributed by atoms with Gasteiger partial charge in [0.25, 0.3) is 10.0 Å². The molecule has 2 aromatic carbocycles. The average Bonchev–Trinajstić information content (AvgIpc) is 3.28. The van der Waals surface area contributed by atoms with Crippen molar-refractivity contribution < 1.29 is 32.5 Å². The quantitative estimate of drug-likeness (QED) is 0.246. The standard InChI is InChI=1S/C31H40N4O7S/c1-19(2)13-23(32-16-24-18-41-31(5,6)42-24)17-40-27-15-26(28-20(3)9-7-10-21(28)4)33-30(34-27)35-43(38,39)25-12-8-11-22(14-25)29(36)37/h7-12,14-15,19,23-24,32H,13,16-18H2,1-6H3,(H,36,37)(H,33,34,35)/t23-,24+/m1/s1. The van der Waals surface area contributed by atoms with E-state index in [0.29, 0.717) is 24.8 Å². The van der Waals surface area contributed by atoms with Crippen LogP contribution in [0.4, 0.5) is 5.95 Å². The average molecular weight is 613 g/mol. The summed E-state index contributed by atoms with van der Waals surface area (Å²) in [6.45, 7) is 13.3. The van der Waals surface area contributed by atoms with E-state index in [1.54, 1.807) is 6.07 Å². The molecule has 0 aliphatic carbocycles. The molecule has 232 valence electrons. The first-order chi connectivity index (χ1) is 20.2. The van der Waals surface area contributed by atoms with Crippen LogP contribution >= 0.6 is 0 Å². The van der Waals surface area contributed by atoms with Gasteiger partial charge in [-0.2, -0.15) is 4.98 Å². The van der Waals surface area contributed by atoms with Gasteiger partial charge in [-0.05, 0) is 69.4 Å². The Balaban J connectivity index is 1.61. The molecule has 3 N–H and O–H groups in total. The summed E-state index contributed by atoms with van der Waals surface area (Å²) in [4.78, 5) is 20.1. The lowest BCUT2D eigenvalue weighted by Gasteiger charge is -2.23. The third kappa shape index (κ3) is 8.73. The fourth-order valence-electron chi connectivity index (χ4n) is 4.99. The zero-order valence-corrected chi connectivity index (χ0v) is 26.2. The molecule has 1 fully saturated rings. The van der Waals surface area contributed by atoms with Crippen LogP contribution < -0.4 is 14.8 Å². The fourth-order valence-corrected chi connectivity index (χ4v) is 5.98. The number of nitrogens with one attached hydrogen (secondary N) is 2. The number of ether oxygens (including phenoxy) is 3. The van der Waals surface area contributed by atoms with E-state index in [1.807, 2.05) is 45.9 Å². The maximum absolute atomic E-state index is 13.3. The van der Waals surface area contributed by atoms with Gasteiger partial charge in [0, 0.05) is 24.2 Å². The van der Waals surface area contributed by atoms with Crippen molar-refractivity contribution in [3.05, 3.63) is 65.2 Å². The number of hydrogen-bond acceptors (Lipinski definition) is 9. The Morgan fingerprint density at radius 1 is 1.12 bits per heavy atom. The van der Waals surface area contributed by atoms with E-state index in [1.165, 1.54) is 18.2 Å². The minimum Gasteiger partial charge on any atom is -0.478 e. The molecule has 3 aromatic rings. The molecule has 0 bridgehead atoms. The van der Waals surface area contributed by atoms with Crippen molar-refractivity contribution in [2.75, 3.05) is 24.5 Å². The lowest BCUT2D eigenvalue weighted by atomic mass is 10.00. The predicted octanol–water partition coefficient (Wildman–Crippen LogP) is 4.79. The molecule has 2 heterocycles. The van der Waals surface area contributed by atoms with Crippen molar-refractivity contribution in [2.24, 2.45) is 5.92 Å². The zero-order valence-electron chi connectivity index (χ0n) is 25.4. The first-order valence-corrected chi connectivity index (χ1v) is 15.7. The number of carbonyl (C=O) groups is 1. The van der Waals surface area contributed by atoms with Crippen LogP contribution in [0.15, 0.2) is 53.4 Å². The van der Waals surface area contributed by atoms with Crippen molar-refractivity contribution >= 4 is 21.9 Å². The molecule has 43 heavy (non-hydrogen) atoms. The number of sulfonamides is 1. The Labute approximate surface area is 253 Å². The third-order valence-corrected chi connectivity index (χ3v) is 8.27. The van der Waals surface area contributed by atoms with Gasteiger partial charge in [0.15, 0.2) is 5.79 Å². The highest BCUT2D eigenvalue weighted by Crippen LogP contribution is 2.30. The molecule has 1 aliphatic rings. The Morgan fingerprint density at radius 2 is 1.81 bits per heavy atom. The monoisotopic (exact) mass is 612 g/mol. The maximum atomic E-state index is 13.3. The predicted molar refractivity (Wildman–Crippen MR) is 163 cm³/mol. The maximum Gasteiger partial charge on any atom is 0.335 e. The van der Waals surface area contributed by atoms with Crippen LogP contribution in [-0.2, 0) is 19.5 Å². The number of aromatic carboxylic acids is 1. The zero-order chi connectivity index (χ0) is 31.4. The van der Waals surface area contributed by atoms with E-state index >= 15 is 0 Å². The first-order valence-electron chi connectivity index (χ1n) is 14.2. The van der Waals surface area contributed by atoms with E-state index in [0.717, 1.165) is 29.2 Å². The van der Waals surface area contributed by atoms with Crippen molar-refractivity contribution in [1.82, 2.24) is 15.3 Å². The normalized spacial score (nSPS) is 17.1. The van der Waals surface area contributed by atoms with E-state index in [2.05, 4.69) is 33.9 Å². The van der Waals surface area contributed by atoms with Gasteiger partial charge in [-0.25, -0.2) is 22.9 Å². The number of carboxylic acids is 1. The number of benzene rings is 2. The number of nitrogens with zero attached hydrogens (tertiary/aromatic N) is 2. The SMILES string of the molecule is Cc1cccc(C)c1-c1cc(OC[C@@H](CC(C)C)NC[C@H]2COC(C)(C)O2)nc(NS(=O)(=O)c2cccc(C(=O)O)c2)n1. The lowest BCUT2D eigenvalue weighted by molar-refractivity contribution is -0.138. The van der Waals surface area contributed by atoms with E-state index in [-0.39, 0.29) is 41.0 Å². The minimum atomic E-state index is -4.21. The van der Waals surface area contributed by atoms with Crippen LogP contribution in [0.25, 0.3) is 11.3 Å². The first kappa shape index (κ1) is 32.3. The highest BCUT2D eigenvalue weighted by atomic mass is 32.2. The van der Waals surface area contributed by atoms with Crippen molar-refractivity contribution in [1.29, 1.82) is 0 Å². The molecule has 2 atom stereocenters. The van der Waals surface area contributed by atoms with E-state index in [9.17, 15) is 18.3 Å². The van der Waals surface area contributed by atoms with Crippen molar-refractivity contribution in [2.45, 2.75) is 70.8 Å². The number of hydrogen-bond donors (Lipinski definition) is 3. The highest BCUT2D eigenvalue weighted by molar-refractivity contribution is 7.92. The number of rotatable bonds is 13. The highest BCUT2D eigenvalue weighted by Gasteiger charge is 2.32. The summed E-state index contributed by atoms with van der Waals surface area (Å²) in [7, 11) is -4.21. The van der Waals surface area contributed by atoms with E-state index < -0.39 is 21.8 Å². The summed E-state index contributed by atoms with van der Waals surface area (Å²) in [6.07, 6.45) is 0.741.